The normalized spacial score (nSPS) is 22.4. The molecule has 0 aromatic heterocycles. The molecule has 116 valence electrons. The lowest BCUT2D eigenvalue weighted by atomic mass is 9.86. The van der Waals surface area contributed by atoms with Gasteiger partial charge in [-0.25, -0.2) is 0 Å². The molecule has 1 saturated carbocycles. The summed E-state index contributed by atoms with van der Waals surface area (Å²) in [6.07, 6.45) is 4.65. The Bertz CT molecular complexity index is 445. The van der Waals surface area contributed by atoms with E-state index in [4.69, 9.17) is 5.11 Å². The third-order valence-electron chi connectivity index (χ3n) is 4.57. The molecule has 21 heavy (non-hydrogen) atoms. The molecule has 0 heterocycles. The van der Waals surface area contributed by atoms with Gasteiger partial charge in [-0.2, -0.15) is 0 Å². The van der Waals surface area contributed by atoms with Crippen LogP contribution in [0, 0.1) is 5.92 Å². The van der Waals surface area contributed by atoms with Crippen LogP contribution in [0.3, 0.4) is 0 Å². The molecule has 0 atom stereocenters. The molecule has 1 aliphatic carbocycles. The van der Waals surface area contributed by atoms with E-state index in [9.17, 15) is 4.79 Å². The van der Waals surface area contributed by atoms with E-state index in [1.165, 1.54) is 11.1 Å². The van der Waals surface area contributed by atoms with Crippen molar-refractivity contribution in [1.29, 1.82) is 0 Å². The molecule has 0 saturated heterocycles. The lowest BCUT2D eigenvalue weighted by molar-refractivity contribution is -0.142. The fraction of sp³-hybridized carbons (Fsp3) is 0.611. The van der Waals surface area contributed by atoms with Gasteiger partial charge in [-0.15, -0.1) is 0 Å². The van der Waals surface area contributed by atoms with Crippen molar-refractivity contribution in [2.24, 2.45) is 5.92 Å². The summed E-state index contributed by atoms with van der Waals surface area (Å²) in [5, 5.41) is 12.6. The van der Waals surface area contributed by atoms with Crippen molar-refractivity contribution in [3.63, 3.8) is 0 Å². The Hall–Kier alpha value is -1.35. The number of aliphatic carboxylic acids is 1. The summed E-state index contributed by atoms with van der Waals surface area (Å²) in [6, 6.07) is 9.38. The molecule has 0 radical (unpaired) electrons. The summed E-state index contributed by atoms with van der Waals surface area (Å²) in [7, 11) is 0. The molecule has 0 amide bonds. The smallest absolute Gasteiger partial charge is 0.306 e. The highest BCUT2D eigenvalue weighted by atomic mass is 16.4. The van der Waals surface area contributed by atoms with Crippen LogP contribution in [0.15, 0.2) is 24.3 Å². The molecule has 3 heteroatoms. The Morgan fingerprint density at radius 2 is 1.81 bits per heavy atom. The minimum absolute atomic E-state index is 0.119. The van der Waals surface area contributed by atoms with Crippen LogP contribution in [-0.4, -0.2) is 23.7 Å². The van der Waals surface area contributed by atoms with Crippen LogP contribution in [0.2, 0.25) is 0 Å². The molecule has 0 unspecified atom stereocenters. The van der Waals surface area contributed by atoms with Gasteiger partial charge in [0.15, 0.2) is 0 Å². The Kier molecular flexibility index (Phi) is 5.80. The summed E-state index contributed by atoms with van der Waals surface area (Å²) < 4.78 is 0. The Labute approximate surface area is 127 Å². The molecule has 2 N–H and O–H groups in total. The van der Waals surface area contributed by atoms with E-state index in [1.54, 1.807) is 0 Å². The molecular weight excluding hydrogens is 262 g/mol. The average molecular weight is 289 g/mol. The summed E-state index contributed by atoms with van der Waals surface area (Å²) in [6.45, 7) is 5.40. The Balaban J connectivity index is 1.69. The van der Waals surface area contributed by atoms with Crippen LogP contribution in [0.1, 0.15) is 56.6 Å². The highest BCUT2D eigenvalue weighted by Crippen LogP contribution is 2.24. The summed E-state index contributed by atoms with van der Waals surface area (Å²) in [4.78, 5) is 10.9. The maximum atomic E-state index is 10.9. The maximum absolute atomic E-state index is 10.9. The SMILES string of the molecule is CC(C)c1ccc(CCNC2CCC(C(=O)O)CC2)cc1. The number of rotatable bonds is 6. The Morgan fingerprint density at radius 3 is 2.33 bits per heavy atom. The van der Waals surface area contributed by atoms with Gasteiger partial charge in [-0.3, -0.25) is 4.79 Å². The lowest BCUT2D eigenvalue weighted by Gasteiger charge is -2.27. The molecular formula is C18H27NO2. The van der Waals surface area contributed by atoms with Gasteiger partial charge >= 0.3 is 5.97 Å². The van der Waals surface area contributed by atoms with Crippen LogP contribution in [0.25, 0.3) is 0 Å². The summed E-state index contributed by atoms with van der Waals surface area (Å²) in [5.41, 5.74) is 2.75. The van der Waals surface area contributed by atoms with E-state index < -0.39 is 5.97 Å². The molecule has 2 rings (SSSR count). The minimum atomic E-state index is -0.626. The molecule has 1 aromatic carbocycles. The van der Waals surface area contributed by atoms with Crippen molar-refractivity contribution in [2.45, 2.75) is 57.9 Å². The van der Waals surface area contributed by atoms with E-state index in [1.807, 2.05) is 0 Å². The van der Waals surface area contributed by atoms with Gasteiger partial charge in [0.25, 0.3) is 0 Å². The van der Waals surface area contributed by atoms with Gasteiger partial charge in [0, 0.05) is 6.04 Å². The van der Waals surface area contributed by atoms with Gasteiger partial charge < -0.3 is 10.4 Å². The van der Waals surface area contributed by atoms with Crippen molar-refractivity contribution in [3.8, 4) is 0 Å². The summed E-state index contributed by atoms with van der Waals surface area (Å²) in [5.74, 6) is -0.160. The van der Waals surface area contributed by atoms with Crippen molar-refractivity contribution >= 4 is 5.97 Å². The number of hydrogen-bond donors (Lipinski definition) is 2. The molecule has 1 aromatic rings. The average Bonchev–Trinajstić information content (AvgIpc) is 2.48. The third kappa shape index (κ3) is 4.85. The predicted molar refractivity (Wildman–Crippen MR) is 85.6 cm³/mol. The van der Waals surface area contributed by atoms with E-state index in [-0.39, 0.29) is 5.92 Å². The number of hydrogen-bond acceptors (Lipinski definition) is 2. The zero-order chi connectivity index (χ0) is 15.2. The van der Waals surface area contributed by atoms with Crippen LogP contribution in [-0.2, 0) is 11.2 Å². The monoisotopic (exact) mass is 289 g/mol. The minimum Gasteiger partial charge on any atom is -0.481 e. The lowest BCUT2D eigenvalue weighted by Crippen LogP contribution is -2.36. The zero-order valence-corrected chi connectivity index (χ0v) is 13.1. The number of carboxylic acid groups (broad SMARTS) is 1. The molecule has 0 bridgehead atoms. The van der Waals surface area contributed by atoms with Crippen LogP contribution >= 0.6 is 0 Å². The molecule has 1 fully saturated rings. The summed E-state index contributed by atoms with van der Waals surface area (Å²) >= 11 is 0. The second kappa shape index (κ2) is 7.60. The molecule has 1 aliphatic rings. The zero-order valence-electron chi connectivity index (χ0n) is 13.1. The first-order valence-corrected chi connectivity index (χ1v) is 8.11. The standard InChI is InChI=1S/C18H27NO2/c1-13(2)15-5-3-14(4-6-15)11-12-19-17-9-7-16(8-10-17)18(20)21/h3-6,13,16-17,19H,7-12H2,1-2H3,(H,20,21). The molecule has 0 aliphatic heterocycles. The number of benzene rings is 1. The van der Waals surface area contributed by atoms with Gasteiger partial charge in [-0.1, -0.05) is 38.1 Å². The Morgan fingerprint density at radius 1 is 1.19 bits per heavy atom. The van der Waals surface area contributed by atoms with E-state index in [0.29, 0.717) is 12.0 Å². The molecule has 3 nitrogen and oxygen atoms in total. The van der Waals surface area contributed by atoms with Gasteiger partial charge in [0.05, 0.1) is 5.92 Å². The van der Waals surface area contributed by atoms with Crippen LogP contribution < -0.4 is 5.32 Å². The van der Waals surface area contributed by atoms with E-state index in [0.717, 1.165) is 38.6 Å². The predicted octanol–water partition coefficient (Wildman–Crippen LogP) is 3.59. The maximum Gasteiger partial charge on any atom is 0.306 e. The second-order valence-corrected chi connectivity index (χ2v) is 6.49. The first kappa shape index (κ1) is 16.0. The number of nitrogens with one attached hydrogen (secondary N) is 1. The molecule has 0 spiro atoms. The highest BCUT2D eigenvalue weighted by molar-refractivity contribution is 5.70. The quantitative estimate of drug-likeness (QED) is 0.841. The van der Waals surface area contributed by atoms with Crippen molar-refractivity contribution in [3.05, 3.63) is 35.4 Å². The van der Waals surface area contributed by atoms with Crippen molar-refractivity contribution in [1.82, 2.24) is 5.32 Å². The third-order valence-corrected chi connectivity index (χ3v) is 4.57. The largest absolute Gasteiger partial charge is 0.481 e. The van der Waals surface area contributed by atoms with E-state index in [2.05, 4.69) is 43.4 Å². The van der Waals surface area contributed by atoms with Crippen LogP contribution in [0.5, 0.6) is 0 Å². The highest BCUT2D eigenvalue weighted by Gasteiger charge is 2.25. The first-order valence-electron chi connectivity index (χ1n) is 8.11. The van der Waals surface area contributed by atoms with Gasteiger partial charge in [0.2, 0.25) is 0 Å². The fourth-order valence-corrected chi connectivity index (χ4v) is 3.03. The fourth-order valence-electron chi connectivity index (χ4n) is 3.03. The first-order chi connectivity index (χ1) is 10.1. The number of carboxylic acids is 1. The van der Waals surface area contributed by atoms with Crippen molar-refractivity contribution < 1.29 is 9.90 Å². The van der Waals surface area contributed by atoms with Gasteiger partial charge in [0.1, 0.15) is 0 Å². The van der Waals surface area contributed by atoms with Gasteiger partial charge in [-0.05, 0) is 55.7 Å². The second-order valence-electron chi connectivity index (χ2n) is 6.49. The van der Waals surface area contributed by atoms with Crippen molar-refractivity contribution in [2.75, 3.05) is 6.54 Å². The van der Waals surface area contributed by atoms with Crippen LogP contribution in [0.4, 0.5) is 0 Å². The van der Waals surface area contributed by atoms with E-state index >= 15 is 0 Å². The topological polar surface area (TPSA) is 49.3 Å². The number of carbonyl (C=O) groups is 1.